The Hall–Kier alpha value is -2.10. The molecule has 2 aromatic carbocycles. The summed E-state index contributed by atoms with van der Waals surface area (Å²) in [5, 5.41) is 13.3. The molecule has 0 amide bonds. The number of nitrogens with one attached hydrogen (secondary N) is 2. The average molecular weight is 693 g/mol. The maximum absolute atomic E-state index is 4.99. The molecule has 0 spiro atoms. The second-order valence-corrected chi connectivity index (χ2v) is 19.7. The number of aromatic nitrogens is 2. The van der Waals surface area contributed by atoms with Gasteiger partial charge >= 0.3 is 265 Å². The molecule has 0 fully saturated rings. The van der Waals surface area contributed by atoms with Gasteiger partial charge in [0.15, 0.2) is 0 Å². The summed E-state index contributed by atoms with van der Waals surface area (Å²) in [7, 11) is 0. The molecule has 4 aromatic rings. The van der Waals surface area contributed by atoms with Crippen molar-refractivity contribution in [1.82, 2.24) is 9.97 Å². The van der Waals surface area contributed by atoms with Gasteiger partial charge in [0.1, 0.15) is 0 Å². The van der Waals surface area contributed by atoms with Crippen LogP contribution >= 0.6 is 0 Å². The first-order valence-electron chi connectivity index (χ1n) is 16.4. The summed E-state index contributed by atoms with van der Waals surface area (Å²) in [4.78, 5) is 9.97. The Labute approximate surface area is 263 Å². The Kier molecular flexibility index (Phi) is 11.1. The predicted molar refractivity (Wildman–Crippen MR) is 183 cm³/mol. The van der Waals surface area contributed by atoms with Gasteiger partial charge in [0.05, 0.1) is 0 Å². The minimum atomic E-state index is 0.883. The number of fused-ring (bicyclic) bond motifs is 4. The van der Waals surface area contributed by atoms with Crippen LogP contribution in [0.5, 0.6) is 0 Å². The summed E-state index contributed by atoms with van der Waals surface area (Å²) in [6.45, 7) is 2.18. The van der Waals surface area contributed by atoms with Gasteiger partial charge in [-0.05, 0) is 0 Å². The molecule has 2 aliphatic carbocycles. The first-order chi connectivity index (χ1) is 20.9. The quantitative estimate of drug-likeness (QED) is 0.0969. The first-order valence-corrected chi connectivity index (χ1v) is 23.2. The number of rotatable bonds is 15. The van der Waals surface area contributed by atoms with E-state index in [0.29, 0.717) is 0 Å². The van der Waals surface area contributed by atoms with Gasteiger partial charge in [-0.1, -0.05) is 0 Å². The molecule has 42 heavy (non-hydrogen) atoms. The van der Waals surface area contributed by atoms with E-state index in [0.717, 1.165) is 63.2 Å². The zero-order valence-electron chi connectivity index (χ0n) is 25.1. The number of aryl methyl sites for hydroxylation is 2. The fourth-order valence-corrected chi connectivity index (χ4v) is 13.6. The van der Waals surface area contributed by atoms with Crippen molar-refractivity contribution < 1.29 is 0 Å². The molecule has 4 nitrogen and oxygen atoms in total. The molecule has 222 valence electrons. The van der Waals surface area contributed by atoms with Gasteiger partial charge in [0.2, 0.25) is 0 Å². The van der Waals surface area contributed by atoms with Gasteiger partial charge < -0.3 is 0 Å². The van der Waals surface area contributed by atoms with Crippen LogP contribution in [0, 0.1) is 0 Å². The molecular weight excluding hydrogens is 646 g/mol. The molecule has 2 aliphatic rings. The van der Waals surface area contributed by atoms with Crippen molar-refractivity contribution in [3.8, 4) is 0 Å². The van der Waals surface area contributed by atoms with Crippen molar-refractivity contribution >= 4 is 59.4 Å². The first kappa shape index (κ1) is 29.9. The molecule has 0 radical (unpaired) electrons. The van der Waals surface area contributed by atoms with Gasteiger partial charge in [-0.25, -0.2) is 0 Å². The summed E-state index contributed by atoms with van der Waals surface area (Å²) in [6, 6.07) is 17.4. The van der Waals surface area contributed by atoms with E-state index >= 15 is 0 Å². The van der Waals surface area contributed by atoms with Crippen molar-refractivity contribution in [3.05, 3.63) is 71.0 Å². The Morgan fingerprint density at radius 3 is 1.48 bits per heavy atom. The molecular formula is C36H46N4Se2. The molecule has 0 atom stereocenters. The molecule has 2 aromatic heterocycles. The number of anilines is 2. The predicted octanol–water partition coefficient (Wildman–Crippen LogP) is 8.57. The molecule has 6 rings (SSSR count). The third-order valence-corrected chi connectivity index (χ3v) is 16.5. The van der Waals surface area contributed by atoms with Crippen molar-refractivity contribution in [2.45, 2.75) is 101 Å². The number of nitrogens with zero attached hydrogens (tertiary/aromatic N) is 2. The van der Waals surface area contributed by atoms with E-state index in [1.807, 2.05) is 0 Å². The molecule has 0 saturated heterocycles. The Morgan fingerprint density at radius 2 is 0.976 bits per heavy atom. The molecule has 0 unspecified atom stereocenters. The Morgan fingerprint density at radius 1 is 0.524 bits per heavy atom. The van der Waals surface area contributed by atoms with Crippen LogP contribution in [0.25, 0.3) is 21.8 Å². The van der Waals surface area contributed by atoms with Gasteiger partial charge in [0, 0.05) is 0 Å². The van der Waals surface area contributed by atoms with E-state index in [4.69, 9.17) is 9.97 Å². The van der Waals surface area contributed by atoms with Crippen molar-refractivity contribution in [1.29, 1.82) is 0 Å². The maximum atomic E-state index is 4.99. The molecule has 0 aliphatic heterocycles. The third kappa shape index (κ3) is 7.51. The van der Waals surface area contributed by atoms with Crippen LogP contribution in [0.1, 0.15) is 86.7 Å². The summed E-state index contributed by atoms with van der Waals surface area (Å²) in [5.74, 6) is 0. The average Bonchev–Trinajstić information content (AvgIpc) is 3.04. The zero-order chi connectivity index (χ0) is 28.4. The van der Waals surface area contributed by atoms with Crippen LogP contribution < -0.4 is 10.6 Å². The summed E-state index contributed by atoms with van der Waals surface area (Å²) in [6.07, 6.45) is 17.9. The van der Waals surface area contributed by atoms with Crippen LogP contribution in [0.3, 0.4) is 0 Å². The number of pyridine rings is 2. The van der Waals surface area contributed by atoms with E-state index in [2.05, 4.69) is 59.2 Å². The SMILES string of the molecule is c1ccc2c(NCCCCC[Se][Se]CCCCCNc3c4c(nc5ccccc35)CCCC4)c3c(nc2c1)CCCC3. The summed E-state index contributed by atoms with van der Waals surface area (Å²) < 4.78 is 0. The molecule has 2 N–H and O–H groups in total. The van der Waals surface area contributed by atoms with E-state index in [1.165, 1.54) is 132 Å². The van der Waals surface area contributed by atoms with Crippen molar-refractivity contribution in [3.63, 3.8) is 0 Å². The minimum absolute atomic E-state index is 0.883. The second-order valence-electron chi connectivity index (χ2n) is 11.9. The van der Waals surface area contributed by atoms with Crippen LogP contribution in [-0.2, 0) is 25.7 Å². The van der Waals surface area contributed by atoms with E-state index in [1.54, 1.807) is 0 Å². The number of benzene rings is 2. The normalized spacial score (nSPS) is 14.6. The fraction of sp³-hybridized carbons (Fsp3) is 0.500. The number of unbranched alkanes of at least 4 members (excludes halogenated alkanes) is 4. The van der Waals surface area contributed by atoms with Gasteiger partial charge in [-0.3, -0.25) is 0 Å². The topological polar surface area (TPSA) is 49.8 Å². The van der Waals surface area contributed by atoms with E-state index in [-0.39, 0.29) is 0 Å². The fourth-order valence-electron chi connectivity index (χ4n) is 6.62. The van der Waals surface area contributed by atoms with Crippen LogP contribution in [0.4, 0.5) is 11.4 Å². The van der Waals surface area contributed by atoms with Crippen molar-refractivity contribution in [2.75, 3.05) is 23.7 Å². The van der Waals surface area contributed by atoms with Crippen molar-refractivity contribution in [2.24, 2.45) is 0 Å². The van der Waals surface area contributed by atoms with E-state index < -0.39 is 0 Å². The second kappa shape index (κ2) is 15.6. The standard InChI is InChI=1S/C36H46N4Se2/c1(11-23-37-35-27-15-3-7-19-31(27)39-32-20-8-4-16-28(32)35)13-25-41-42-26-14-2-12-24-38-36-29-17-5-9-21-33(29)40-34-22-10-6-18-30(34)36/h3,5,7,9,15,17,19,21H,1-2,4,6,8,10-14,16,18,20,22-26H2,(H,37,39)(H,38,40). The van der Waals surface area contributed by atoms with Gasteiger partial charge in [0.25, 0.3) is 0 Å². The zero-order valence-corrected chi connectivity index (χ0v) is 28.5. The molecule has 6 heteroatoms. The number of para-hydroxylation sites is 2. The molecule has 2 heterocycles. The number of hydrogen-bond acceptors (Lipinski definition) is 4. The van der Waals surface area contributed by atoms with Crippen LogP contribution in [-0.4, -0.2) is 49.3 Å². The third-order valence-electron chi connectivity index (χ3n) is 8.83. The Balaban J connectivity index is 0.832. The number of hydrogen-bond donors (Lipinski definition) is 2. The van der Waals surface area contributed by atoms with E-state index in [9.17, 15) is 0 Å². The summed E-state index contributed by atoms with van der Waals surface area (Å²) >= 11 is 1.77. The molecule has 0 bridgehead atoms. The van der Waals surface area contributed by atoms with Gasteiger partial charge in [-0.15, -0.1) is 0 Å². The van der Waals surface area contributed by atoms with Crippen LogP contribution in [0.15, 0.2) is 48.5 Å². The van der Waals surface area contributed by atoms with Crippen LogP contribution in [0.2, 0.25) is 10.6 Å². The monoisotopic (exact) mass is 694 g/mol. The molecule has 0 saturated carbocycles. The van der Waals surface area contributed by atoms with Gasteiger partial charge in [-0.2, -0.15) is 0 Å². The Bertz CT molecular complexity index is 1360. The summed E-state index contributed by atoms with van der Waals surface area (Å²) in [5.41, 5.74) is 10.7.